The van der Waals surface area contributed by atoms with Gasteiger partial charge in [-0.15, -0.1) is 5.06 Å². The number of hydrogen-bond acceptors (Lipinski definition) is 11. The molecule has 17 heteroatoms. The Balaban J connectivity index is 1.30. The first-order valence-corrected chi connectivity index (χ1v) is 17.4. The molecule has 1 aromatic heterocycles. The van der Waals surface area contributed by atoms with E-state index in [2.05, 4.69) is 10.4 Å². The molecule has 17 nitrogen and oxygen atoms in total. The number of aromatic nitrogens is 2. The summed E-state index contributed by atoms with van der Waals surface area (Å²) in [6.07, 6.45) is 0.743. The summed E-state index contributed by atoms with van der Waals surface area (Å²) in [6, 6.07) is 8.44. The average Bonchev–Trinajstić information content (AvgIpc) is 3.92. The molecule has 0 unspecified atom stereocenters. The van der Waals surface area contributed by atoms with Gasteiger partial charge in [0.2, 0.25) is 17.7 Å². The molecular weight excluding hydrogens is 666 g/mol. The number of ether oxygens (including phenoxy) is 2. The van der Waals surface area contributed by atoms with Crippen LogP contribution in [0.25, 0.3) is 5.69 Å². The Morgan fingerprint density at radius 2 is 1.63 bits per heavy atom. The lowest BCUT2D eigenvalue weighted by molar-refractivity contribution is -0.157. The van der Waals surface area contributed by atoms with Crippen molar-refractivity contribution >= 4 is 35.8 Å². The monoisotopic (exact) mass is 711 g/mol. The predicted octanol–water partition coefficient (Wildman–Crippen LogP) is 1.45. The van der Waals surface area contributed by atoms with Crippen LogP contribution in [-0.4, -0.2) is 141 Å². The second-order valence-corrected chi connectivity index (χ2v) is 12.6. The fraction of sp³-hybridized carbons (Fsp3) is 0.559. The highest BCUT2D eigenvalue weighted by Gasteiger charge is 2.39. The van der Waals surface area contributed by atoms with Crippen LogP contribution in [0.15, 0.2) is 36.4 Å². The maximum Gasteiger partial charge on any atom is 0.527 e. The molecule has 4 amide bonds. The van der Waals surface area contributed by atoms with Gasteiger partial charge < -0.3 is 39.4 Å². The van der Waals surface area contributed by atoms with E-state index in [1.807, 2.05) is 4.90 Å². The minimum absolute atomic E-state index is 0.0438. The van der Waals surface area contributed by atoms with Gasteiger partial charge in [-0.25, -0.2) is 9.48 Å². The van der Waals surface area contributed by atoms with Crippen molar-refractivity contribution in [3.05, 3.63) is 42.1 Å². The number of piperazine rings is 1. The van der Waals surface area contributed by atoms with Gasteiger partial charge in [-0.3, -0.25) is 24.0 Å². The number of para-hydroxylation sites is 1. The quantitative estimate of drug-likeness (QED) is 0.285. The van der Waals surface area contributed by atoms with Crippen LogP contribution in [0.3, 0.4) is 0 Å². The summed E-state index contributed by atoms with van der Waals surface area (Å²) >= 11 is 0. The van der Waals surface area contributed by atoms with Crippen LogP contribution in [0.2, 0.25) is 0 Å². The molecule has 1 aromatic carbocycles. The van der Waals surface area contributed by atoms with Crippen molar-refractivity contribution in [3.63, 3.8) is 0 Å². The molecule has 0 radical (unpaired) electrons. The van der Waals surface area contributed by atoms with Crippen molar-refractivity contribution in [2.75, 3.05) is 52.4 Å². The van der Waals surface area contributed by atoms with Crippen molar-refractivity contribution in [1.29, 1.82) is 0 Å². The lowest BCUT2D eigenvalue weighted by Crippen LogP contribution is -2.55. The minimum atomic E-state index is -1.20. The summed E-state index contributed by atoms with van der Waals surface area (Å²) in [6.45, 7) is 5.89. The highest BCUT2D eigenvalue weighted by molar-refractivity contribution is 5.96. The summed E-state index contributed by atoms with van der Waals surface area (Å²) in [5.41, 5.74) is 0.411. The van der Waals surface area contributed by atoms with Crippen molar-refractivity contribution in [2.45, 2.75) is 70.6 Å². The molecule has 2 aromatic rings. The number of carboxylic acid groups (broad SMARTS) is 1. The summed E-state index contributed by atoms with van der Waals surface area (Å²) in [4.78, 5) is 87.1. The first kappa shape index (κ1) is 37.1. The van der Waals surface area contributed by atoms with Crippen LogP contribution in [0, 0.1) is 0 Å². The van der Waals surface area contributed by atoms with E-state index >= 15 is 0 Å². The molecule has 3 aliphatic heterocycles. The highest BCUT2D eigenvalue weighted by atomic mass is 16.8. The van der Waals surface area contributed by atoms with E-state index in [1.165, 1.54) is 20.7 Å². The topological polar surface area (TPSA) is 193 Å². The van der Waals surface area contributed by atoms with Gasteiger partial charge in [0, 0.05) is 45.2 Å². The van der Waals surface area contributed by atoms with E-state index in [9.17, 15) is 33.9 Å². The molecule has 3 atom stereocenters. The zero-order valence-electron chi connectivity index (χ0n) is 28.9. The molecule has 3 fully saturated rings. The number of rotatable bonds is 13. The predicted molar refractivity (Wildman–Crippen MR) is 179 cm³/mol. The largest absolute Gasteiger partial charge is 0.527 e. The van der Waals surface area contributed by atoms with Crippen LogP contribution in [0.5, 0.6) is 5.88 Å². The zero-order chi connectivity index (χ0) is 36.5. The number of aliphatic carboxylic acids is 1. The zero-order valence-corrected chi connectivity index (χ0v) is 28.9. The number of carbonyl (C=O) groups excluding carboxylic acids is 5. The Morgan fingerprint density at radius 3 is 2.29 bits per heavy atom. The van der Waals surface area contributed by atoms with Crippen LogP contribution in [0.1, 0.15) is 62.9 Å². The molecule has 276 valence electrons. The van der Waals surface area contributed by atoms with Gasteiger partial charge in [-0.1, -0.05) is 18.2 Å². The number of carbonyl (C=O) groups is 6. The Bertz CT molecular complexity index is 1570. The molecule has 2 N–H and O–H groups in total. The van der Waals surface area contributed by atoms with Crippen LogP contribution in [-0.2, 0) is 28.8 Å². The molecule has 0 aliphatic carbocycles. The van der Waals surface area contributed by atoms with Gasteiger partial charge in [0.05, 0.1) is 25.4 Å². The van der Waals surface area contributed by atoms with E-state index in [0.717, 1.165) is 12.8 Å². The molecule has 4 heterocycles. The summed E-state index contributed by atoms with van der Waals surface area (Å²) in [7, 11) is 0. The Hall–Kier alpha value is -5.19. The lowest BCUT2D eigenvalue weighted by Gasteiger charge is -2.35. The molecule has 3 saturated heterocycles. The van der Waals surface area contributed by atoms with Gasteiger partial charge in [0.25, 0.3) is 11.8 Å². The third-order valence-electron chi connectivity index (χ3n) is 9.06. The summed E-state index contributed by atoms with van der Waals surface area (Å²) in [5.74, 6) is -2.71. The molecule has 5 rings (SSSR count). The van der Waals surface area contributed by atoms with Crippen molar-refractivity contribution in [1.82, 2.24) is 34.9 Å². The second kappa shape index (κ2) is 17.2. The lowest BCUT2D eigenvalue weighted by atomic mass is 10.1. The van der Waals surface area contributed by atoms with Gasteiger partial charge in [0.1, 0.15) is 12.1 Å². The maximum atomic E-state index is 13.7. The number of likely N-dealkylation sites (tertiary alicyclic amines) is 2. The van der Waals surface area contributed by atoms with Crippen LogP contribution >= 0.6 is 0 Å². The smallest absolute Gasteiger partial charge is 0.481 e. The number of hydrogen-bond donors (Lipinski definition) is 2. The molecule has 3 aliphatic rings. The number of carboxylic acids is 1. The molecule has 0 saturated carbocycles. The van der Waals surface area contributed by atoms with Gasteiger partial charge in [0.15, 0.2) is 11.8 Å². The number of nitrogens with zero attached hydrogens (tertiary/aromatic N) is 6. The summed E-state index contributed by atoms with van der Waals surface area (Å²) in [5, 5.41) is 17.8. The van der Waals surface area contributed by atoms with E-state index in [4.69, 9.17) is 14.3 Å². The number of nitrogens with one attached hydrogen (secondary N) is 1. The standard InChI is InChI=1S/C34H45N7O10/c1-3-49-34(48)51-39-20-18-38(19-21-39)32(46)25(13-14-29(42)43)35-30(44)26-22-28(41(36-26)24-10-5-4-6-11-24)50-23(2)31(45)40-17-9-12-27(40)33(47)37-15-7-8-16-37/h4-6,10-11,22-23,25,27H,3,7-9,12-21H2,1-2H3,(H,35,44)(H,42,43)/t23-,25-,27-/m0/s1. The van der Waals surface area contributed by atoms with Gasteiger partial charge in [-0.05, 0) is 58.1 Å². The number of hydroxylamine groups is 2. The summed E-state index contributed by atoms with van der Waals surface area (Å²) < 4.78 is 12.3. The first-order chi connectivity index (χ1) is 24.5. The molecule has 0 bridgehead atoms. The fourth-order valence-corrected chi connectivity index (χ4v) is 6.44. The van der Waals surface area contributed by atoms with Crippen molar-refractivity contribution < 1.29 is 48.2 Å². The molecule has 0 spiro atoms. The van der Waals surface area contributed by atoms with E-state index in [1.54, 1.807) is 49.1 Å². The van der Waals surface area contributed by atoms with Gasteiger partial charge in [-0.2, -0.15) is 5.10 Å². The Labute approximate surface area is 295 Å². The minimum Gasteiger partial charge on any atom is -0.481 e. The highest BCUT2D eigenvalue weighted by Crippen LogP contribution is 2.26. The van der Waals surface area contributed by atoms with E-state index in [0.29, 0.717) is 38.2 Å². The molecular formula is C34H45N7O10. The third-order valence-corrected chi connectivity index (χ3v) is 9.06. The SMILES string of the molecule is CCOC(=O)ON1CCN(C(=O)[C@H](CCC(=O)O)NC(=O)c2cc(O[C@@H](C)C(=O)N3CCC[C@H]3C(=O)N3CCCC3)n(-c3ccccc3)n2)CC1. The fourth-order valence-electron chi connectivity index (χ4n) is 6.44. The van der Waals surface area contributed by atoms with Crippen molar-refractivity contribution in [2.24, 2.45) is 0 Å². The average molecular weight is 712 g/mol. The van der Waals surface area contributed by atoms with E-state index in [-0.39, 0.29) is 69.0 Å². The Morgan fingerprint density at radius 1 is 0.922 bits per heavy atom. The maximum absolute atomic E-state index is 13.7. The normalized spacial score (nSPS) is 18.9. The van der Waals surface area contributed by atoms with Crippen LogP contribution in [0.4, 0.5) is 4.79 Å². The Kier molecular flexibility index (Phi) is 12.5. The number of amides is 4. The van der Waals surface area contributed by atoms with Gasteiger partial charge >= 0.3 is 12.1 Å². The second-order valence-electron chi connectivity index (χ2n) is 12.6. The van der Waals surface area contributed by atoms with Crippen LogP contribution < -0.4 is 10.1 Å². The first-order valence-electron chi connectivity index (χ1n) is 17.4. The number of benzene rings is 1. The molecule has 51 heavy (non-hydrogen) atoms. The van der Waals surface area contributed by atoms with E-state index < -0.39 is 42.1 Å². The third kappa shape index (κ3) is 9.33. The van der Waals surface area contributed by atoms with Crippen molar-refractivity contribution in [3.8, 4) is 11.6 Å².